The molecule has 0 atom stereocenters. The van der Waals surface area contributed by atoms with E-state index in [1.165, 1.54) is 11.3 Å². The normalized spacial score (nSPS) is 10.6. The summed E-state index contributed by atoms with van der Waals surface area (Å²) in [6.07, 6.45) is 0.741. The maximum Gasteiger partial charge on any atom is 0.245 e. The fourth-order valence-corrected chi connectivity index (χ4v) is 3.21. The molecule has 8 nitrogen and oxygen atoms in total. The van der Waals surface area contributed by atoms with Gasteiger partial charge < -0.3 is 15.2 Å². The molecule has 3 N–H and O–H groups in total. The summed E-state index contributed by atoms with van der Waals surface area (Å²) in [5.41, 5.74) is 1.68. The Balaban J connectivity index is 1.47. The highest BCUT2D eigenvalue weighted by Gasteiger charge is 2.11. The van der Waals surface area contributed by atoms with Crippen LogP contribution in [0.25, 0.3) is 0 Å². The van der Waals surface area contributed by atoms with Crippen LogP contribution in [0.2, 0.25) is 0 Å². The first-order valence-corrected chi connectivity index (χ1v) is 9.45. The summed E-state index contributed by atoms with van der Waals surface area (Å²) in [5.74, 6) is 0.230. The monoisotopic (exact) mass is 402 g/mol. The summed E-state index contributed by atoms with van der Waals surface area (Å²) in [7, 11) is 1.83. The van der Waals surface area contributed by atoms with E-state index in [0.717, 1.165) is 17.1 Å². The molecule has 0 aliphatic carbocycles. The molecule has 0 fully saturated rings. The third-order valence-corrected chi connectivity index (χ3v) is 4.94. The highest BCUT2D eigenvalue weighted by atomic mass is 32.1. The Bertz CT molecular complexity index is 992. The lowest BCUT2D eigenvalue weighted by Crippen LogP contribution is -2.33. The predicted molar refractivity (Wildman–Crippen MR) is 105 cm³/mol. The molecule has 0 spiro atoms. The van der Waals surface area contributed by atoms with Crippen molar-refractivity contribution in [2.24, 2.45) is 7.05 Å². The predicted octanol–water partition coefficient (Wildman–Crippen LogP) is 1.82. The van der Waals surface area contributed by atoms with Crippen LogP contribution in [0.15, 0.2) is 35.7 Å². The summed E-state index contributed by atoms with van der Waals surface area (Å²) in [6, 6.07) is 9.36. The number of aromatic nitrogens is 4. The average molecular weight is 403 g/mol. The van der Waals surface area contributed by atoms with Crippen molar-refractivity contribution in [3.05, 3.63) is 57.6 Å². The van der Waals surface area contributed by atoms with Gasteiger partial charge in [0.25, 0.3) is 0 Å². The molecule has 0 aliphatic rings. The topological polar surface area (TPSA) is 105 Å². The van der Waals surface area contributed by atoms with Gasteiger partial charge in [-0.25, -0.2) is 4.98 Å². The number of H-pyrrole nitrogens is 1. The lowest BCUT2D eigenvalue weighted by molar-refractivity contribution is -0.123. The van der Waals surface area contributed by atoms with E-state index in [-0.39, 0.29) is 24.8 Å². The van der Waals surface area contributed by atoms with Gasteiger partial charge in [0.2, 0.25) is 11.8 Å². The van der Waals surface area contributed by atoms with Crippen molar-refractivity contribution >= 4 is 40.5 Å². The van der Waals surface area contributed by atoms with E-state index in [1.54, 1.807) is 4.57 Å². The number of nitrogens with zero attached hydrogens (tertiary/aromatic N) is 3. The first-order valence-electron chi connectivity index (χ1n) is 8.16. The second-order valence-corrected chi connectivity index (χ2v) is 7.06. The van der Waals surface area contributed by atoms with Crippen LogP contribution in [0.5, 0.6) is 0 Å². The zero-order valence-electron chi connectivity index (χ0n) is 14.6. The third-order valence-electron chi connectivity index (χ3n) is 3.76. The third kappa shape index (κ3) is 5.31. The van der Waals surface area contributed by atoms with Crippen molar-refractivity contribution in [1.29, 1.82) is 0 Å². The molecule has 0 saturated heterocycles. The summed E-state index contributed by atoms with van der Waals surface area (Å²) < 4.78 is 2.31. The Morgan fingerprint density at radius 2 is 2.04 bits per heavy atom. The van der Waals surface area contributed by atoms with Crippen LogP contribution < -0.4 is 10.6 Å². The van der Waals surface area contributed by atoms with Crippen LogP contribution in [0, 0.1) is 4.77 Å². The Morgan fingerprint density at radius 3 is 2.74 bits per heavy atom. The number of carbonyl (C=O) groups excluding carboxylic acids is 2. The van der Waals surface area contributed by atoms with Gasteiger partial charge in [-0.15, -0.1) is 11.3 Å². The molecule has 2 amide bonds. The van der Waals surface area contributed by atoms with Gasteiger partial charge in [0, 0.05) is 12.4 Å². The number of amides is 2. The molecule has 0 unspecified atom stereocenters. The van der Waals surface area contributed by atoms with Crippen molar-refractivity contribution in [2.45, 2.75) is 12.8 Å². The van der Waals surface area contributed by atoms with E-state index in [2.05, 4.69) is 25.8 Å². The SMILES string of the molecule is Cn1c(Cc2csc(NC(=O)CNC(=O)Cc3ccccc3)n2)n[nH]c1=S. The lowest BCUT2D eigenvalue weighted by Gasteiger charge is -2.05. The van der Waals surface area contributed by atoms with Crippen LogP contribution in [0.3, 0.4) is 0 Å². The van der Waals surface area contributed by atoms with Crippen LogP contribution in [-0.2, 0) is 29.5 Å². The number of thiazole rings is 1. The molecule has 2 heterocycles. The molecule has 3 rings (SSSR count). The molecule has 2 aromatic heterocycles. The Morgan fingerprint density at radius 1 is 1.26 bits per heavy atom. The average Bonchev–Trinajstić information content (AvgIpc) is 3.22. The maximum atomic E-state index is 12.0. The number of hydrogen-bond donors (Lipinski definition) is 3. The molecule has 3 aromatic rings. The fourth-order valence-electron chi connectivity index (χ4n) is 2.33. The van der Waals surface area contributed by atoms with Crippen LogP contribution in [-0.4, -0.2) is 38.1 Å². The second-order valence-electron chi connectivity index (χ2n) is 5.81. The lowest BCUT2D eigenvalue weighted by atomic mass is 10.1. The highest BCUT2D eigenvalue weighted by Crippen LogP contribution is 2.17. The largest absolute Gasteiger partial charge is 0.347 e. The summed E-state index contributed by atoms with van der Waals surface area (Å²) in [5, 5.41) is 14.5. The number of hydrogen-bond acceptors (Lipinski definition) is 6. The first kappa shape index (κ1) is 18.9. The number of carbonyl (C=O) groups is 2. The van der Waals surface area contributed by atoms with Gasteiger partial charge in [-0.3, -0.25) is 14.7 Å². The van der Waals surface area contributed by atoms with Gasteiger partial charge in [0.15, 0.2) is 9.90 Å². The molecule has 0 aliphatic heterocycles. The highest BCUT2D eigenvalue weighted by molar-refractivity contribution is 7.71. The first-order chi connectivity index (χ1) is 13.0. The van der Waals surface area contributed by atoms with E-state index in [4.69, 9.17) is 12.2 Å². The van der Waals surface area contributed by atoms with E-state index < -0.39 is 0 Å². The summed E-state index contributed by atoms with van der Waals surface area (Å²) in [4.78, 5) is 28.2. The van der Waals surface area contributed by atoms with E-state index >= 15 is 0 Å². The Kier molecular flexibility index (Phi) is 6.09. The second kappa shape index (κ2) is 8.69. The van der Waals surface area contributed by atoms with Crippen molar-refractivity contribution in [3.8, 4) is 0 Å². The van der Waals surface area contributed by atoms with Gasteiger partial charge in [0.05, 0.1) is 25.1 Å². The zero-order chi connectivity index (χ0) is 19.2. The molecule has 0 saturated carbocycles. The summed E-state index contributed by atoms with van der Waals surface area (Å²) in [6.45, 7) is -0.103. The van der Waals surface area contributed by atoms with Crippen molar-refractivity contribution in [3.63, 3.8) is 0 Å². The number of anilines is 1. The number of nitrogens with one attached hydrogen (secondary N) is 3. The molecule has 0 radical (unpaired) electrons. The van der Waals surface area contributed by atoms with Gasteiger partial charge >= 0.3 is 0 Å². The van der Waals surface area contributed by atoms with Crippen molar-refractivity contribution in [1.82, 2.24) is 25.1 Å². The minimum Gasteiger partial charge on any atom is -0.347 e. The van der Waals surface area contributed by atoms with E-state index in [9.17, 15) is 9.59 Å². The molecule has 27 heavy (non-hydrogen) atoms. The molecular weight excluding hydrogens is 384 g/mol. The standard InChI is InChI=1S/C17H18N6O2S2/c1-23-13(21-22-17(23)26)8-12-10-27-16(19-12)20-15(25)9-18-14(24)7-11-5-3-2-4-6-11/h2-6,10H,7-9H2,1H3,(H,18,24)(H,22,26)(H,19,20,25). The van der Waals surface area contributed by atoms with E-state index in [1.807, 2.05) is 42.8 Å². The van der Waals surface area contributed by atoms with Gasteiger partial charge in [-0.05, 0) is 17.8 Å². The fraction of sp³-hybridized carbons (Fsp3) is 0.235. The van der Waals surface area contributed by atoms with Gasteiger partial charge in [-0.2, -0.15) is 5.10 Å². The number of aromatic amines is 1. The van der Waals surface area contributed by atoms with Gasteiger partial charge in [-0.1, -0.05) is 30.3 Å². The minimum absolute atomic E-state index is 0.103. The molecule has 1 aromatic carbocycles. The number of rotatable bonds is 7. The van der Waals surface area contributed by atoms with E-state index in [0.29, 0.717) is 16.3 Å². The van der Waals surface area contributed by atoms with Crippen LogP contribution >= 0.6 is 23.6 Å². The van der Waals surface area contributed by atoms with Crippen LogP contribution in [0.1, 0.15) is 17.1 Å². The molecule has 10 heteroatoms. The smallest absolute Gasteiger partial charge is 0.245 e. The quantitative estimate of drug-likeness (QED) is 0.523. The summed E-state index contributed by atoms with van der Waals surface area (Å²) >= 11 is 6.40. The molecule has 0 bridgehead atoms. The Labute approximate surface area is 164 Å². The Hall–Kier alpha value is -2.85. The number of benzene rings is 1. The molecule has 140 valence electrons. The minimum atomic E-state index is -0.324. The van der Waals surface area contributed by atoms with Crippen molar-refractivity contribution < 1.29 is 9.59 Å². The molecular formula is C17H18N6O2S2. The van der Waals surface area contributed by atoms with Crippen LogP contribution in [0.4, 0.5) is 5.13 Å². The maximum absolute atomic E-state index is 12.0. The zero-order valence-corrected chi connectivity index (χ0v) is 16.2. The van der Waals surface area contributed by atoms with Crippen molar-refractivity contribution in [2.75, 3.05) is 11.9 Å². The van der Waals surface area contributed by atoms with Gasteiger partial charge in [0.1, 0.15) is 5.82 Å².